The Morgan fingerprint density at radius 3 is 2.89 bits per heavy atom. The van der Waals surface area contributed by atoms with Gasteiger partial charge >= 0.3 is 0 Å². The first kappa shape index (κ1) is 15.0. The molecule has 0 amide bonds. The fraction of sp³-hybridized carbons (Fsp3) is 0.733. The zero-order chi connectivity index (χ0) is 13.5. The molecule has 3 nitrogen and oxygen atoms in total. The van der Waals surface area contributed by atoms with Gasteiger partial charge in [-0.15, -0.1) is 11.3 Å². The molecule has 1 fully saturated rings. The van der Waals surface area contributed by atoms with E-state index in [1.54, 1.807) is 0 Å². The van der Waals surface area contributed by atoms with Crippen molar-refractivity contribution in [2.75, 3.05) is 39.9 Å². The highest BCUT2D eigenvalue weighted by Crippen LogP contribution is 2.19. The third-order valence-corrected chi connectivity index (χ3v) is 5.01. The first-order valence-corrected chi connectivity index (χ1v) is 8.15. The first-order valence-electron chi connectivity index (χ1n) is 7.27. The Morgan fingerprint density at radius 2 is 2.26 bits per heavy atom. The second-order valence-electron chi connectivity index (χ2n) is 5.43. The van der Waals surface area contributed by atoms with E-state index in [1.807, 2.05) is 18.4 Å². The van der Waals surface area contributed by atoms with Crippen LogP contribution in [-0.2, 0) is 4.74 Å². The van der Waals surface area contributed by atoms with Crippen LogP contribution >= 0.6 is 11.3 Å². The number of nitrogens with zero attached hydrogens (tertiary/aromatic N) is 1. The smallest absolute Gasteiger partial charge is 0.0491 e. The Bertz CT molecular complexity index is 334. The summed E-state index contributed by atoms with van der Waals surface area (Å²) in [5.41, 5.74) is 0. The van der Waals surface area contributed by atoms with Crippen molar-refractivity contribution in [1.29, 1.82) is 0 Å². The summed E-state index contributed by atoms with van der Waals surface area (Å²) in [5, 5.41) is 5.76. The van der Waals surface area contributed by atoms with Crippen molar-refractivity contribution in [3.8, 4) is 0 Å². The minimum absolute atomic E-state index is 0.478. The van der Waals surface area contributed by atoms with Crippen LogP contribution in [-0.4, -0.2) is 44.8 Å². The molecule has 1 aliphatic rings. The summed E-state index contributed by atoms with van der Waals surface area (Å²) >= 11 is 1.83. The molecule has 0 spiro atoms. The van der Waals surface area contributed by atoms with Gasteiger partial charge in [0, 0.05) is 37.7 Å². The monoisotopic (exact) mass is 282 g/mol. The predicted molar refractivity (Wildman–Crippen MR) is 81.8 cm³/mol. The van der Waals surface area contributed by atoms with Gasteiger partial charge in [0.1, 0.15) is 0 Å². The SMILES string of the molecule is COCC1CCN(CCNC(C)c2cccs2)CC1. The van der Waals surface area contributed by atoms with Gasteiger partial charge in [-0.1, -0.05) is 6.07 Å². The molecule has 1 aromatic rings. The number of nitrogens with one attached hydrogen (secondary N) is 1. The van der Waals surface area contributed by atoms with Crippen LogP contribution in [0.4, 0.5) is 0 Å². The molecule has 2 heterocycles. The first-order chi connectivity index (χ1) is 9.29. The van der Waals surface area contributed by atoms with E-state index >= 15 is 0 Å². The molecule has 0 radical (unpaired) electrons. The zero-order valence-electron chi connectivity index (χ0n) is 12.1. The van der Waals surface area contributed by atoms with Gasteiger partial charge in [-0.25, -0.2) is 0 Å². The van der Waals surface area contributed by atoms with E-state index in [0.29, 0.717) is 6.04 Å². The van der Waals surface area contributed by atoms with E-state index in [-0.39, 0.29) is 0 Å². The summed E-state index contributed by atoms with van der Waals surface area (Å²) in [6, 6.07) is 4.81. The van der Waals surface area contributed by atoms with Crippen molar-refractivity contribution in [3.05, 3.63) is 22.4 Å². The molecule has 1 unspecified atom stereocenters. The van der Waals surface area contributed by atoms with Gasteiger partial charge in [0.25, 0.3) is 0 Å². The summed E-state index contributed by atoms with van der Waals surface area (Å²) < 4.78 is 5.24. The number of ether oxygens (including phenoxy) is 1. The molecule has 1 aliphatic heterocycles. The van der Waals surface area contributed by atoms with Gasteiger partial charge in [0.05, 0.1) is 0 Å². The lowest BCUT2D eigenvalue weighted by Crippen LogP contribution is -2.39. The molecule has 1 atom stereocenters. The largest absolute Gasteiger partial charge is 0.384 e. The molecular weight excluding hydrogens is 256 g/mol. The molecular formula is C15H26N2OS. The molecule has 1 aromatic heterocycles. The van der Waals surface area contributed by atoms with E-state index in [1.165, 1.54) is 30.8 Å². The predicted octanol–water partition coefficient (Wildman–Crippen LogP) is 2.76. The number of likely N-dealkylation sites (tertiary alicyclic amines) is 1. The minimum Gasteiger partial charge on any atom is -0.384 e. The number of piperidine rings is 1. The zero-order valence-corrected chi connectivity index (χ0v) is 12.9. The van der Waals surface area contributed by atoms with Crippen LogP contribution in [0.25, 0.3) is 0 Å². The molecule has 1 saturated heterocycles. The minimum atomic E-state index is 0.478. The molecule has 0 aliphatic carbocycles. The van der Waals surface area contributed by atoms with Crippen LogP contribution in [0.1, 0.15) is 30.7 Å². The van der Waals surface area contributed by atoms with E-state index < -0.39 is 0 Å². The van der Waals surface area contributed by atoms with E-state index in [0.717, 1.165) is 25.6 Å². The van der Waals surface area contributed by atoms with Crippen LogP contribution in [0.2, 0.25) is 0 Å². The molecule has 0 aromatic carbocycles. The average Bonchev–Trinajstić information content (AvgIpc) is 2.95. The quantitative estimate of drug-likeness (QED) is 0.832. The second-order valence-corrected chi connectivity index (χ2v) is 6.41. The van der Waals surface area contributed by atoms with E-state index in [2.05, 4.69) is 34.7 Å². The van der Waals surface area contributed by atoms with Gasteiger partial charge in [-0.05, 0) is 50.2 Å². The lowest BCUT2D eigenvalue weighted by atomic mass is 9.98. The van der Waals surface area contributed by atoms with E-state index in [4.69, 9.17) is 4.74 Å². The van der Waals surface area contributed by atoms with Gasteiger partial charge in [0.2, 0.25) is 0 Å². The third kappa shape index (κ3) is 4.88. The summed E-state index contributed by atoms with van der Waals surface area (Å²) in [5.74, 6) is 0.777. The number of hydrogen-bond acceptors (Lipinski definition) is 4. The molecule has 1 N–H and O–H groups in total. The summed E-state index contributed by atoms with van der Waals surface area (Å²) in [7, 11) is 1.81. The molecule has 2 rings (SSSR count). The highest BCUT2D eigenvalue weighted by atomic mass is 32.1. The number of rotatable bonds is 7. The molecule has 4 heteroatoms. The van der Waals surface area contributed by atoms with Crippen LogP contribution in [0.15, 0.2) is 17.5 Å². The van der Waals surface area contributed by atoms with Crippen molar-refractivity contribution in [1.82, 2.24) is 10.2 Å². The molecule has 108 valence electrons. The highest BCUT2D eigenvalue weighted by molar-refractivity contribution is 7.10. The van der Waals surface area contributed by atoms with Gasteiger partial charge < -0.3 is 15.0 Å². The van der Waals surface area contributed by atoms with Gasteiger partial charge in [-0.2, -0.15) is 0 Å². The summed E-state index contributed by atoms with van der Waals surface area (Å²) in [6.07, 6.45) is 2.57. The van der Waals surface area contributed by atoms with Crippen LogP contribution < -0.4 is 5.32 Å². The summed E-state index contributed by atoms with van der Waals surface area (Å²) in [6.45, 7) is 7.87. The van der Waals surface area contributed by atoms with Crippen LogP contribution in [0.3, 0.4) is 0 Å². The van der Waals surface area contributed by atoms with Crippen molar-refractivity contribution in [2.24, 2.45) is 5.92 Å². The maximum absolute atomic E-state index is 5.24. The fourth-order valence-corrected chi connectivity index (χ4v) is 3.45. The molecule has 19 heavy (non-hydrogen) atoms. The topological polar surface area (TPSA) is 24.5 Å². The maximum Gasteiger partial charge on any atom is 0.0491 e. The molecule has 0 saturated carbocycles. The fourth-order valence-electron chi connectivity index (χ4n) is 2.69. The van der Waals surface area contributed by atoms with Crippen molar-refractivity contribution < 1.29 is 4.74 Å². The van der Waals surface area contributed by atoms with Gasteiger partial charge in [0.15, 0.2) is 0 Å². The third-order valence-electron chi connectivity index (χ3n) is 3.96. The number of thiophene rings is 1. The van der Waals surface area contributed by atoms with Crippen molar-refractivity contribution in [3.63, 3.8) is 0 Å². The van der Waals surface area contributed by atoms with Crippen LogP contribution in [0.5, 0.6) is 0 Å². The number of methoxy groups -OCH3 is 1. The van der Waals surface area contributed by atoms with Gasteiger partial charge in [-0.3, -0.25) is 0 Å². The van der Waals surface area contributed by atoms with Crippen LogP contribution in [0, 0.1) is 5.92 Å². The Kier molecular flexibility index (Phi) is 6.31. The Labute approximate surface area is 121 Å². The lowest BCUT2D eigenvalue weighted by molar-refractivity contribution is 0.0996. The van der Waals surface area contributed by atoms with E-state index in [9.17, 15) is 0 Å². The maximum atomic E-state index is 5.24. The Balaban J connectivity index is 1.59. The highest BCUT2D eigenvalue weighted by Gasteiger charge is 2.18. The van der Waals surface area contributed by atoms with Crippen molar-refractivity contribution in [2.45, 2.75) is 25.8 Å². The standard InChI is InChI=1S/C15H26N2OS/c1-13(15-4-3-11-19-15)16-7-10-17-8-5-14(6-9-17)12-18-2/h3-4,11,13-14,16H,5-10,12H2,1-2H3. The molecule has 0 bridgehead atoms. The lowest BCUT2D eigenvalue weighted by Gasteiger charge is -2.31. The Morgan fingerprint density at radius 1 is 1.47 bits per heavy atom. The number of hydrogen-bond donors (Lipinski definition) is 1. The normalized spacial score (nSPS) is 19.7. The Hall–Kier alpha value is -0.420. The second kappa shape index (κ2) is 8.00. The van der Waals surface area contributed by atoms with Crippen molar-refractivity contribution >= 4 is 11.3 Å². The average molecular weight is 282 g/mol. The summed E-state index contributed by atoms with van der Waals surface area (Å²) in [4.78, 5) is 4.00.